The van der Waals surface area contributed by atoms with Gasteiger partial charge in [0.25, 0.3) is 0 Å². The van der Waals surface area contributed by atoms with Gasteiger partial charge in [-0.05, 0) is 36.5 Å². The highest BCUT2D eigenvalue weighted by Crippen LogP contribution is 2.41. The van der Waals surface area contributed by atoms with Crippen LogP contribution in [0, 0.1) is 6.92 Å². The second-order valence-corrected chi connectivity index (χ2v) is 6.27. The average molecular weight is 309 g/mol. The van der Waals surface area contributed by atoms with Gasteiger partial charge in [-0.1, -0.05) is 55.8 Å². The van der Waals surface area contributed by atoms with Gasteiger partial charge in [0.15, 0.2) is 0 Å². The zero-order chi connectivity index (χ0) is 16.6. The van der Waals surface area contributed by atoms with Crippen molar-refractivity contribution < 1.29 is 9.90 Å². The first-order valence-electron chi connectivity index (χ1n) is 8.27. The maximum atomic E-state index is 12.2. The largest absolute Gasteiger partial charge is 0.384 e. The van der Waals surface area contributed by atoms with Crippen molar-refractivity contribution in [1.29, 1.82) is 0 Å². The minimum atomic E-state index is -0.730. The molecule has 0 aromatic heterocycles. The Morgan fingerprint density at radius 3 is 2.48 bits per heavy atom. The Kier molecular flexibility index (Phi) is 4.22. The number of aryl methyl sites for hydroxylation is 2. The number of hydrogen-bond acceptors (Lipinski definition) is 2. The van der Waals surface area contributed by atoms with E-state index < -0.39 is 6.10 Å². The third-order valence-corrected chi connectivity index (χ3v) is 4.70. The van der Waals surface area contributed by atoms with Crippen LogP contribution >= 0.6 is 0 Å². The Morgan fingerprint density at radius 2 is 1.87 bits per heavy atom. The number of carbonyl (C=O) groups excluding carboxylic acids is 1. The molecule has 0 bridgehead atoms. The van der Waals surface area contributed by atoms with Crippen molar-refractivity contribution in [3.05, 3.63) is 64.2 Å². The van der Waals surface area contributed by atoms with Crippen molar-refractivity contribution in [2.75, 3.05) is 5.32 Å². The number of carbonyl (C=O) groups is 1. The van der Waals surface area contributed by atoms with Crippen molar-refractivity contribution in [2.45, 2.75) is 45.6 Å². The van der Waals surface area contributed by atoms with E-state index in [0.29, 0.717) is 0 Å². The predicted octanol–water partition coefficient (Wildman–Crippen LogP) is 4.08. The topological polar surface area (TPSA) is 49.3 Å². The normalized spacial score (nSPS) is 17.7. The summed E-state index contributed by atoms with van der Waals surface area (Å²) in [4.78, 5) is 12.2. The second-order valence-electron chi connectivity index (χ2n) is 6.27. The molecule has 2 aromatic carbocycles. The summed E-state index contributed by atoms with van der Waals surface area (Å²) in [6.07, 6.45) is 0.921. The fourth-order valence-electron chi connectivity index (χ4n) is 3.28. The van der Waals surface area contributed by atoms with Crippen LogP contribution in [0.25, 0.3) is 0 Å². The van der Waals surface area contributed by atoms with E-state index in [9.17, 15) is 9.90 Å². The number of benzene rings is 2. The van der Waals surface area contributed by atoms with Gasteiger partial charge < -0.3 is 10.4 Å². The van der Waals surface area contributed by atoms with E-state index in [4.69, 9.17) is 0 Å². The van der Waals surface area contributed by atoms with Crippen molar-refractivity contribution in [3.63, 3.8) is 0 Å². The van der Waals surface area contributed by atoms with E-state index in [1.165, 1.54) is 0 Å². The quantitative estimate of drug-likeness (QED) is 0.894. The summed E-state index contributed by atoms with van der Waals surface area (Å²) >= 11 is 0. The van der Waals surface area contributed by atoms with Gasteiger partial charge >= 0.3 is 0 Å². The van der Waals surface area contributed by atoms with Crippen LogP contribution < -0.4 is 5.32 Å². The molecule has 1 aliphatic rings. The van der Waals surface area contributed by atoms with Crippen LogP contribution in [0.15, 0.2) is 36.4 Å². The smallest absolute Gasteiger partial charge is 0.232 e. The number of rotatable bonds is 4. The summed E-state index contributed by atoms with van der Waals surface area (Å²) in [5.74, 6) is -0.0754. The Labute approximate surface area is 137 Å². The monoisotopic (exact) mass is 309 g/mol. The molecule has 0 spiro atoms. The molecule has 120 valence electrons. The van der Waals surface area contributed by atoms with Gasteiger partial charge in [-0.15, -0.1) is 0 Å². The van der Waals surface area contributed by atoms with Crippen LogP contribution in [-0.2, 0) is 11.2 Å². The Morgan fingerprint density at radius 1 is 1.17 bits per heavy atom. The summed E-state index contributed by atoms with van der Waals surface area (Å²) in [7, 11) is 0. The highest BCUT2D eigenvalue weighted by molar-refractivity contribution is 6.04. The number of aliphatic hydroxyl groups is 1. The van der Waals surface area contributed by atoms with E-state index in [2.05, 4.69) is 18.3 Å². The maximum absolute atomic E-state index is 12.2. The van der Waals surface area contributed by atoms with E-state index in [-0.39, 0.29) is 11.8 Å². The SMILES string of the molecule is CCc1cc2c(c(C(O)c3ccc(C)cc3)c1)NC(=O)C2CC. The molecule has 3 rings (SSSR count). The minimum absolute atomic E-state index is 0.0353. The van der Waals surface area contributed by atoms with Gasteiger partial charge in [-0.2, -0.15) is 0 Å². The summed E-state index contributed by atoms with van der Waals surface area (Å²) in [6, 6.07) is 12.0. The average Bonchev–Trinajstić information content (AvgIpc) is 2.88. The minimum Gasteiger partial charge on any atom is -0.384 e. The summed E-state index contributed by atoms with van der Waals surface area (Å²) in [6.45, 7) is 6.14. The van der Waals surface area contributed by atoms with Crippen molar-refractivity contribution in [2.24, 2.45) is 0 Å². The standard InChI is InChI=1S/C20H23NO2/c1-4-13-10-16-15(5-2)20(23)21-18(16)17(11-13)19(22)14-8-6-12(3)7-9-14/h6-11,15,19,22H,4-5H2,1-3H3,(H,21,23). The molecule has 2 aromatic rings. The third kappa shape index (κ3) is 2.77. The van der Waals surface area contributed by atoms with Gasteiger partial charge in [0.1, 0.15) is 6.10 Å². The number of nitrogens with one attached hydrogen (secondary N) is 1. The lowest BCUT2D eigenvalue weighted by atomic mass is 9.90. The zero-order valence-corrected chi connectivity index (χ0v) is 13.9. The molecule has 23 heavy (non-hydrogen) atoms. The first-order chi connectivity index (χ1) is 11.0. The predicted molar refractivity (Wildman–Crippen MR) is 92.7 cm³/mol. The lowest BCUT2D eigenvalue weighted by Crippen LogP contribution is -2.11. The fourth-order valence-corrected chi connectivity index (χ4v) is 3.28. The molecule has 2 atom stereocenters. The van der Waals surface area contributed by atoms with Crippen LogP contribution in [0.2, 0.25) is 0 Å². The maximum Gasteiger partial charge on any atom is 0.232 e. The third-order valence-electron chi connectivity index (χ3n) is 4.70. The van der Waals surface area contributed by atoms with Crippen molar-refractivity contribution >= 4 is 11.6 Å². The van der Waals surface area contributed by atoms with Crippen LogP contribution in [0.1, 0.15) is 60.1 Å². The number of anilines is 1. The molecule has 0 radical (unpaired) electrons. The molecule has 3 nitrogen and oxygen atoms in total. The zero-order valence-electron chi connectivity index (χ0n) is 13.9. The van der Waals surface area contributed by atoms with E-state index >= 15 is 0 Å². The summed E-state index contributed by atoms with van der Waals surface area (Å²) in [5.41, 5.74) is 5.78. The number of hydrogen-bond donors (Lipinski definition) is 2. The molecular weight excluding hydrogens is 286 g/mol. The Hall–Kier alpha value is -2.13. The highest BCUT2D eigenvalue weighted by atomic mass is 16.3. The Bertz CT molecular complexity index is 734. The molecule has 1 heterocycles. The number of aliphatic hydroxyl groups excluding tert-OH is 1. The first-order valence-corrected chi connectivity index (χ1v) is 8.27. The van der Waals surface area contributed by atoms with Crippen LogP contribution in [-0.4, -0.2) is 11.0 Å². The molecule has 3 heteroatoms. The summed E-state index contributed by atoms with van der Waals surface area (Å²) < 4.78 is 0. The summed E-state index contributed by atoms with van der Waals surface area (Å²) in [5, 5.41) is 13.8. The van der Waals surface area contributed by atoms with Crippen molar-refractivity contribution in [3.8, 4) is 0 Å². The van der Waals surface area contributed by atoms with Crippen LogP contribution in [0.3, 0.4) is 0 Å². The second kappa shape index (κ2) is 6.17. The molecular formula is C20H23NO2. The van der Waals surface area contributed by atoms with Gasteiger partial charge in [-0.25, -0.2) is 0 Å². The van der Waals surface area contributed by atoms with Gasteiger partial charge in [0, 0.05) is 5.56 Å². The molecule has 0 saturated heterocycles. The van der Waals surface area contributed by atoms with Gasteiger partial charge in [-0.3, -0.25) is 4.79 Å². The molecule has 1 amide bonds. The fraction of sp³-hybridized carbons (Fsp3) is 0.350. The lowest BCUT2D eigenvalue weighted by molar-refractivity contribution is -0.117. The molecule has 1 aliphatic heterocycles. The van der Waals surface area contributed by atoms with E-state index in [0.717, 1.165) is 46.3 Å². The molecule has 2 N–H and O–H groups in total. The van der Waals surface area contributed by atoms with Crippen LogP contribution in [0.4, 0.5) is 5.69 Å². The first kappa shape index (κ1) is 15.8. The number of fused-ring (bicyclic) bond motifs is 1. The van der Waals surface area contributed by atoms with E-state index in [1.807, 2.05) is 44.2 Å². The van der Waals surface area contributed by atoms with Crippen molar-refractivity contribution in [1.82, 2.24) is 0 Å². The van der Waals surface area contributed by atoms with Crippen LogP contribution in [0.5, 0.6) is 0 Å². The van der Waals surface area contributed by atoms with E-state index in [1.54, 1.807) is 0 Å². The Balaban J connectivity index is 2.10. The molecule has 0 saturated carbocycles. The molecule has 0 fully saturated rings. The van der Waals surface area contributed by atoms with Gasteiger partial charge in [0.2, 0.25) is 5.91 Å². The van der Waals surface area contributed by atoms with Gasteiger partial charge in [0.05, 0.1) is 11.6 Å². The molecule has 0 aliphatic carbocycles. The number of amides is 1. The molecule has 2 unspecified atom stereocenters. The highest BCUT2D eigenvalue weighted by Gasteiger charge is 2.32. The lowest BCUT2D eigenvalue weighted by Gasteiger charge is -2.18.